The largest absolute Gasteiger partial charge is 0.467 e. The van der Waals surface area contributed by atoms with E-state index in [4.69, 9.17) is 8.94 Å². The zero-order valence-corrected chi connectivity index (χ0v) is 15.4. The minimum Gasteiger partial charge on any atom is -0.467 e. The first kappa shape index (κ1) is 17.8. The lowest BCUT2D eigenvalue weighted by Crippen LogP contribution is -2.34. The van der Waals surface area contributed by atoms with Crippen molar-refractivity contribution < 1.29 is 18.5 Å². The normalized spacial score (nSPS) is 17.2. The number of carbonyl (C=O) groups excluding carboxylic acids is 2. The van der Waals surface area contributed by atoms with Crippen LogP contribution in [0.5, 0.6) is 0 Å². The molecule has 2 heterocycles. The standard InChI is InChI=1S/C20H25N3O4/c24-19(21-11-14-7-8-14)18-10-17(27-22-18)13-23(12-16-6-3-9-26-16)20(25)15-4-1-2-5-15/h3,6,9-10,14-15H,1-2,4-5,7-8,11-13H2,(H,21,24). The summed E-state index contributed by atoms with van der Waals surface area (Å²) in [6, 6.07) is 5.29. The van der Waals surface area contributed by atoms with Crippen LogP contribution < -0.4 is 5.32 Å². The van der Waals surface area contributed by atoms with Crippen molar-refractivity contribution in [2.45, 2.75) is 51.6 Å². The molecule has 0 atom stereocenters. The van der Waals surface area contributed by atoms with E-state index in [1.165, 1.54) is 12.8 Å². The van der Waals surface area contributed by atoms with Crippen molar-refractivity contribution >= 4 is 11.8 Å². The molecule has 2 aliphatic carbocycles. The van der Waals surface area contributed by atoms with Gasteiger partial charge < -0.3 is 19.2 Å². The van der Waals surface area contributed by atoms with Gasteiger partial charge in [0.2, 0.25) is 5.91 Å². The molecular formula is C20H25N3O4. The minimum atomic E-state index is -0.225. The number of nitrogens with one attached hydrogen (secondary N) is 1. The van der Waals surface area contributed by atoms with E-state index in [-0.39, 0.29) is 30.0 Å². The Hall–Kier alpha value is -2.57. The SMILES string of the molecule is O=C(NCC1CC1)c1cc(CN(Cc2ccco2)C(=O)C2CCCC2)on1. The topological polar surface area (TPSA) is 88.6 Å². The molecule has 1 N–H and O–H groups in total. The van der Waals surface area contributed by atoms with E-state index in [0.29, 0.717) is 24.8 Å². The molecule has 0 bridgehead atoms. The van der Waals surface area contributed by atoms with Crippen molar-refractivity contribution in [1.29, 1.82) is 0 Å². The van der Waals surface area contributed by atoms with E-state index in [1.54, 1.807) is 17.2 Å². The van der Waals surface area contributed by atoms with Crippen LogP contribution in [-0.4, -0.2) is 28.4 Å². The van der Waals surface area contributed by atoms with Crippen molar-refractivity contribution in [2.75, 3.05) is 6.54 Å². The van der Waals surface area contributed by atoms with Gasteiger partial charge in [0.25, 0.3) is 5.91 Å². The summed E-state index contributed by atoms with van der Waals surface area (Å²) < 4.78 is 10.7. The molecule has 0 radical (unpaired) electrons. The van der Waals surface area contributed by atoms with Crippen LogP contribution in [0.25, 0.3) is 0 Å². The zero-order chi connectivity index (χ0) is 18.6. The van der Waals surface area contributed by atoms with Crippen LogP contribution >= 0.6 is 0 Å². The monoisotopic (exact) mass is 371 g/mol. The highest BCUT2D eigenvalue weighted by Crippen LogP contribution is 2.28. The molecule has 0 aromatic carbocycles. The van der Waals surface area contributed by atoms with Crippen molar-refractivity contribution in [1.82, 2.24) is 15.4 Å². The number of rotatable bonds is 8. The van der Waals surface area contributed by atoms with Gasteiger partial charge in [-0.05, 0) is 43.7 Å². The Morgan fingerprint density at radius 2 is 1.93 bits per heavy atom. The molecule has 0 aliphatic heterocycles. The van der Waals surface area contributed by atoms with E-state index >= 15 is 0 Å². The highest BCUT2D eigenvalue weighted by Gasteiger charge is 2.29. The number of carbonyl (C=O) groups is 2. The lowest BCUT2D eigenvalue weighted by atomic mass is 10.1. The fourth-order valence-corrected chi connectivity index (χ4v) is 3.57. The second-order valence-corrected chi connectivity index (χ2v) is 7.59. The Morgan fingerprint density at radius 1 is 1.15 bits per heavy atom. The van der Waals surface area contributed by atoms with Gasteiger partial charge in [-0.2, -0.15) is 0 Å². The Labute approximate surface area is 158 Å². The molecule has 144 valence electrons. The van der Waals surface area contributed by atoms with Crippen LogP contribution in [0.15, 0.2) is 33.4 Å². The summed E-state index contributed by atoms with van der Waals surface area (Å²) in [5.41, 5.74) is 0.261. The molecule has 0 spiro atoms. The average Bonchev–Trinajstić information content (AvgIpc) is 3.13. The van der Waals surface area contributed by atoms with Gasteiger partial charge in [-0.1, -0.05) is 18.0 Å². The Bertz CT molecular complexity index is 773. The lowest BCUT2D eigenvalue weighted by molar-refractivity contribution is -0.137. The number of furan rings is 1. The van der Waals surface area contributed by atoms with Gasteiger partial charge in [0, 0.05) is 18.5 Å². The summed E-state index contributed by atoms with van der Waals surface area (Å²) in [4.78, 5) is 26.8. The van der Waals surface area contributed by atoms with Gasteiger partial charge in [-0.15, -0.1) is 0 Å². The molecule has 2 amide bonds. The van der Waals surface area contributed by atoms with Gasteiger partial charge in [0.15, 0.2) is 11.5 Å². The van der Waals surface area contributed by atoms with Crippen molar-refractivity contribution in [3.8, 4) is 0 Å². The molecule has 4 rings (SSSR count). The summed E-state index contributed by atoms with van der Waals surface area (Å²) in [6.45, 7) is 1.34. The van der Waals surface area contributed by atoms with Crippen LogP contribution in [-0.2, 0) is 17.9 Å². The molecule has 27 heavy (non-hydrogen) atoms. The number of hydrogen-bond acceptors (Lipinski definition) is 5. The molecule has 0 saturated heterocycles. The maximum atomic E-state index is 12.9. The first-order valence-corrected chi connectivity index (χ1v) is 9.74. The van der Waals surface area contributed by atoms with E-state index in [1.807, 2.05) is 12.1 Å². The number of hydrogen-bond donors (Lipinski definition) is 1. The maximum Gasteiger partial charge on any atom is 0.273 e. The summed E-state index contributed by atoms with van der Waals surface area (Å²) in [5.74, 6) is 1.78. The van der Waals surface area contributed by atoms with E-state index in [0.717, 1.165) is 31.4 Å². The second kappa shape index (κ2) is 7.98. The first-order chi connectivity index (χ1) is 13.2. The Morgan fingerprint density at radius 3 is 2.63 bits per heavy atom. The van der Waals surface area contributed by atoms with Crippen LogP contribution in [0.2, 0.25) is 0 Å². The molecule has 7 heteroatoms. The molecule has 2 aromatic heterocycles. The highest BCUT2D eigenvalue weighted by atomic mass is 16.5. The third kappa shape index (κ3) is 4.59. The van der Waals surface area contributed by atoms with Crippen molar-refractivity contribution in [3.63, 3.8) is 0 Å². The summed E-state index contributed by atoms with van der Waals surface area (Å²) in [5, 5.41) is 6.75. The fraction of sp³-hybridized carbons (Fsp3) is 0.550. The van der Waals surface area contributed by atoms with E-state index in [9.17, 15) is 9.59 Å². The van der Waals surface area contributed by atoms with Gasteiger partial charge in [-0.3, -0.25) is 9.59 Å². The molecule has 2 fully saturated rings. The van der Waals surface area contributed by atoms with E-state index < -0.39 is 0 Å². The second-order valence-electron chi connectivity index (χ2n) is 7.59. The summed E-state index contributed by atoms with van der Waals surface area (Å²) in [7, 11) is 0. The highest BCUT2D eigenvalue weighted by molar-refractivity contribution is 5.92. The third-order valence-corrected chi connectivity index (χ3v) is 5.33. The zero-order valence-electron chi connectivity index (χ0n) is 15.4. The first-order valence-electron chi connectivity index (χ1n) is 9.74. The lowest BCUT2D eigenvalue weighted by Gasteiger charge is -2.23. The van der Waals surface area contributed by atoms with Gasteiger partial charge >= 0.3 is 0 Å². The number of nitrogens with zero attached hydrogens (tertiary/aromatic N) is 2. The van der Waals surface area contributed by atoms with Gasteiger partial charge in [0.1, 0.15) is 5.76 Å². The third-order valence-electron chi connectivity index (χ3n) is 5.33. The smallest absolute Gasteiger partial charge is 0.273 e. The van der Waals surface area contributed by atoms with Gasteiger partial charge in [-0.25, -0.2) is 0 Å². The molecular weight excluding hydrogens is 346 g/mol. The minimum absolute atomic E-state index is 0.0594. The molecule has 0 unspecified atom stereocenters. The predicted octanol–water partition coefficient (Wildman–Crippen LogP) is 3.13. The van der Waals surface area contributed by atoms with Crippen molar-refractivity contribution in [3.05, 3.63) is 41.7 Å². The summed E-state index contributed by atoms with van der Waals surface area (Å²) in [6.07, 6.45) is 8.00. The van der Waals surface area contributed by atoms with Crippen LogP contribution in [0.1, 0.15) is 60.5 Å². The van der Waals surface area contributed by atoms with Crippen LogP contribution in [0, 0.1) is 11.8 Å². The molecule has 2 saturated carbocycles. The number of amides is 2. The van der Waals surface area contributed by atoms with Crippen LogP contribution in [0.3, 0.4) is 0 Å². The Balaban J connectivity index is 1.42. The summed E-state index contributed by atoms with van der Waals surface area (Å²) >= 11 is 0. The maximum absolute atomic E-state index is 12.9. The predicted molar refractivity (Wildman–Crippen MR) is 96.5 cm³/mol. The van der Waals surface area contributed by atoms with Gasteiger partial charge in [0.05, 0.1) is 19.4 Å². The Kier molecular flexibility index (Phi) is 5.27. The molecule has 2 aromatic rings. The average molecular weight is 371 g/mol. The quantitative estimate of drug-likeness (QED) is 0.770. The molecule has 7 nitrogen and oxygen atoms in total. The fourth-order valence-electron chi connectivity index (χ4n) is 3.57. The molecule has 2 aliphatic rings. The van der Waals surface area contributed by atoms with Crippen molar-refractivity contribution in [2.24, 2.45) is 11.8 Å². The van der Waals surface area contributed by atoms with Crippen LogP contribution in [0.4, 0.5) is 0 Å². The van der Waals surface area contributed by atoms with E-state index in [2.05, 4.69) is 10.5 Å². The number of aromatic nitrogens is 1.